The predicted molar refractivity (Wildman–Crippen MR) is 99.0 cm³/mol. The minimum atomic E-state index is -0.415. The molecule has 2 aliphatic rings. The van der Waals surface area contributed by atoms with Crippen LogP contribution in [0.3, 0.4) is 0 Å². The fourth-order valence-corrected chi connectivity index (χ4v) is 4.80. The maximum atomic E-state index is 12.3. The fraction of sp³-hybridized carbons (Fsp3) is 0.632. The molecule has 2 amide bonds. The summed E-state index contributed by atoms with van der Waals surface area (Å²) >= 11 is 1.51. The number of nitrogens with zero attached hydrogens (tertiary/aromatic N) is 1. The molecule has 0 spiro atoms. The van der Waals surface area contributed by atoms with Crippen molar-refractivity contribution in [1.29, 1.82) is 0 Å². The molecule has 0 saturated carbocycles. The molecule has 1 aromatic rings. The number of thiophene rings is 1. The number of likely N-dealkylation sites (tertiary alicyclic amines) is 1. The Hall–Kier alpha value is -1.89. The summed E-state index contributed by atoms with van der Waals surface area (Å²) in [4.78, 5) is 39.3. The third-order valence-electron chi connectivity index (χ3n) is 5.27. The van der Waals surface area contributed by atoms with Gasteiger partial charge in [0, 0.05) is 23.9 Å². The lowest BCUT2D eigenvalue weighted by Crippen LogP contribution is -2.43. The number of carbonyl (C=O) groups is 3. The molecule has 1 aromatic heterocycles. The topological polar surface area (TPSA) is 89.7 Å². The lowest BCUT2D eigenvalue weighted by atomic mass is 9.96. The molecular weight excluding hydrogens is 352 g/mol. The minimum absolute atomic E-state index is 0.160. The number of nitrogens with two attached hydrogens (primary N) is 1. The molecule has 1 saturated heterocycles. The molecule has 0 unspecified atom stereocenters. The van der Waals surface area contributed by atoms with Gasteiger partial charge < -0.3 is 15.4 Å². The number of hydrogen-bond donors (Lipinski definition) is 1. The molecule has 2 N–H and O–H groups in total. The van der Waals surface area contributed by atoms with E-state index in [0.717, 1.165) is 19.3 Å². The standard InChI is InChI=1S/C19H26N2O4S/c20-18(23)13-7-9-21(10-8-13)17(22)12-25-19(24)16-11-14-5-3-1-2-4-6-15(14)26-16/h11,13H,1-10,12H2,(H2,20,23). The number of aryl methyl sites for hydroxylation is 2. The summed E-state index contributed by atoms with van der Waals surface area (Å²) in [6, 6.07) is 1.94. The average Bonchev–Trinajstić information content (AvgIpc) is 3.01. The Morgan fingerprint density at radius 1 is 1.12 bits per heavy atom. The van der Waals surface area contributed by atoms with Gasteiger partial charge in [-0.15, -0.1) is 11.3 Å². The minimum Gasteiger partial charge on any atom is -0.451 e. The van der Waals surface area contributed by atoms with Gasteiger partial charge in [0.15, 0.2) is 6.61 Å². The first-order valence-electron chi connectivity index (χ1n) is 9.40. The molecule has 1 fully saturated rings. The lowest BCUT2D eigenvalue weighted by molar-refractivity contribution is -0.137. The van der Waals surface area contributed by atoms with Gasteiger partial charge in [0.2, 0.25) is 5.91 Å². The highest BCUT2D eigenvalue weighted by atomic mass is 32.1. The molecule has 6 nitrogen and oxygen atoms in total. The van der Waals surface area contributed by atoms with Crippen LogP contribution < -0.4 is 5.73 Å². The van der Waals surface area contributed by atoms with E-state index in [1.165, 1.54) is 41.0 Å². The van der Waals surface area contributed by atoms with E-state index < -0.39 is 5.97 Å². The first-order valence-corrected chi connectivity index (χ1v) is 10.2. The molecule has 1 aliphatic heterocycles. The third-order valence-corrected chi connectivity index (χ3v) is 6.49. The number of ether oxygens (including phenoxy) is 1. The van der Waals surface area contributed by atoms with Crippen LogP contribution in [0.1, 0.15) is 58.6 Å². The Balaban J connectivity index is 1.50. The third kappa shape index (κ3) is 4.63. The Bertz CT molecular complexity index is 652. The quantitative estimate of drug-likeness (QED) is 0.814. The zero-order valence-electron chi connectivity index (χ0n) is 15.0. The van der Waals surface area contributed by atoms with Gasteiger partial charge in [0.1, 0.15) is 4.88 Å². The Kier molecular flexibility index (Phi) is 6.29. The number of primary amides is 1. The summed E-state index contributed by atoms with van der Waals surface area (Å²) in [5.41, 5.74) is 6.57. The summed E-state index contributed by atoms with van der Waals surface area (Å²) in [7, 11) is 0. The highest BCUT2D eigenvalue weighted by molar-refractivity contribution is 7.14. The number of esters is 1. The van der Waals surface area contributed by atoms with E-state index >= 15 is 0 Å². The molecule has 0 aromatic carbocycles. The van der Waals surface area contributed by atoms with Crippen LogP contribution in [0.5, 0.6) is 0 Å². The number of piperidine rings is 1. The van der Waals surface area contributed by atoms with E-state index in [-0.39, 0.29) is 24.3 Å². The van der Waals surface area contributed by atoms with Crippen LogP contribution in [0.25, 0.3) is 0 Å². The average molecular weight is 378 g/mol. The number of fused-ring (bicyclic) bond motifs is 1. The van der Waals surface area contributed by atoms with Gasteiger partial charge in [-0.05, 0) is 50.2 Å². The molecule has 0 radical (unpaired) electrons. The van der Waals surface area contributed by atoms with Crippen LogP contribution in [0, 0.1) is 5.92 Å². The zero-order chi connectivity index (χ0) is 18.5. The first kappa shape index (κ1) is 18.9. The van der Waals surface area contributed by atoms with Gasteiger partial charge in [-0.1, -0.05) is 12.8 Å². The molecule has 2 heterocycles. The molecule has 142 valence electrons. The van der Waals surface area contributed by atoms with Crippen molar-refractivity contribution in [1.82, 2.24) is 4.90 Å². The Morgan fingerprint density at radius 3 is 2.50 bits per heavy atom. The van der Waals surface area contributed by atoms with Crippen molar-refractivity contribution < 1.29 is 19.1 Å². The predicted octanol–water partition coefficient (Wildman–Crippen LogP) is 2.29. The van der Waals surface area contributed by atoms with Gasteiger partial charge in [-0.3, -0.25) is 9.59 Å². The number of carbonyl (C=O) groups excluding carboxylic acids is 3. The van der Waals surface area contributed by atoms with Crippen molar-refractivity contribution >= 4 is 29.1 Å². The monoisotopic (exact) mass is 378 g/mol. The molecule has 0 bridgehead atoms. The molecule has 3 rings (SSSR count). The van der Waals surface area contributed by atoms with Crippen LogP contribution >= 0.6 is 11.3 Å². The molecule has 7 heteroatoms. The van der Waals surface area contributed by atoms with Gasteiger partial charge in [-0.2, -0.15) is 0 Å². The van der Waals surface area contributed by atoms with Gasteiger partial charge in [-0.25, -0.2) is 4.79 Å². The van der Waals surface area contributed by atoms with Crippen molar-refractivity contribution in [3.05, 3.63) is 21.4 Å². The summed E-state index contributed by atoms with van der Waals surface area (Å²) in [5, 5.41) is 0. The van der Waals surface area contributed by atoms with Crippen molar-refractivity contribution in [3.63, 3.8) is 0 Å². The summed E-state index contributed by atoms with van der Waals surface area (Å²) < 4.78 is 5.25. The smallest absolute Gasteiger partial charge is 0.348 e. The van der Waals surface area contributed by atoms with E-state index in [0.29, 0.717) is 30.8 Å². The van der Waals surface area contributed by atoms with E-state index in [9.17, 15) is 14.4 Å². The number of amides is 2. The van der Waals surface area contributed by atoms with Gasteiger partial charge >= 0.3 is 5.97 Å². The van der Waals surface area contributed by atoms with Crippen molar-refractivity contribution in [2.24, 2.45) is 11.7 Å². The second-order valence-corrected chi connectivity index (χ2v) is 8.24. The van der Waals surface area contributed by atoms with E-state index in [1.54, 1.807) is 4.90 Å². The number of hydrogen-bond acceptors (Lipinski definition) is 5. The molecule has 0 atom stereocenters. The van der Waals surface area contributed by atoms with E-state index in [2.05, 4.69) is 0 Å². The zero-order valence-corrected chi connectivity index (χ0v) is 15.8. The second kappa shape index (κ2) is 8.66. The van der Waals surface area contributed by atoms with Crippen LogP contribution in [0.2, 0.25) is 0 Å². The van der Waals surface area contributed by atoms with Crippen LogP contribution in [-0.2, 0) is 27.2 Å². The van der Waals surface area contributed by atoms with E-state index in [1.807, 2.05) is 6.07 Å². The molecular formula is C19H26N2O4S. The summed E-state index contributed by atoms with van der Waals surface area (Å²) in [6.07, 6.45) is 8.03. The summed E-state index contributed by atoms with van der Waals surface area (Å²) in [5.74, 6) is -1.10. The van der Waals surface area contributed by atoms with Gasteiger partial charge in [0.05, 0.1) is 0 Å². The van der Waals surface area contributed by atoms with Crippen LogP contribution in [-0.4, -0.2) is 42.4 Å². The SMILES string of the molecule is NC(=O)C1CCN(C(=O)COC(=O)c2cc3c(s2)CCCCCC3)CC1. The second-order valence-electron chi connectivity index (χ2n) is 7.11. The maximum Gasteiger partial charge on any atom is 0.348 e. The van der Waals surface area contributed by atoms with Crippen molar-refractivity contribution in [2.45, 2.75) is 51.4 Å². The highest BCUT2D eigenvalue weighted by Crippen LogP contribution is 2.29. The number of rotatable bonds is 4. The van der Waals surface area contributed by atoms with Crippen molar-refractivity contribution in [3.8, 4) is 0 Å². The lowest BCUT2D eigenvalue weighted by Gasteiger charge is -2.30. The van der Waals surface area contributed by atoms with Gasteiger partial charge in [0.25, 0.3) is 5.91 Å². The Morgan fingerprint density at radius 2 is 1.81 bits per heavy atom. The van der Waals surface area contributed by atoms with E-state index in [4.69, 9.17) is 10.5 Å². The first-order chi connectivity index (χ1) is 12.5. The van der Waals surface area contributed by atoms with Crippen LogP contribution in [0.4, 0.5) is 0 Å². The Labute approximate surface area is 157 Å². The molecule has 26 heavy (non-hydrogen) atoms. The summed E-state index contributed by atoms with van der Waals surface area (Å²) in [6.45, 7) is 0.719. The van der Waals surface area contributed by atoms with Crippen molar-refractivity contribution in [2.75, 3.05) is 19.7 Å². The highest BCUT2D eigenvalue weighted by Gasteiger charge is 2.26. The fourth-order valence-electron chi connectivity index (χ4n) is 3.65. The van der Waals surface area contributed by atoms with Crippen LogP contribution in [0.15, 0.2) is 6.07 Å². The molecule has 1 aliphatic carbocycles. The largest absolute Gasteiger partial charge is 0.451 e. The normalized spacial score (nSPS) is 18.5. The maximum absolute atomic E-state index is 12.3.